The van der Waals surface area contributed by atoms with Crippen LogP contribution in [-0.2, 0) is 4.79 Å². The summed E-state index contributed by atoms with van der Waals surface area (Å²) in [4.78, 5) is 22.1. The Morgan fingerprint density at radius 2 is 2.19 bits per heavy atom. The lowest BCUT2D eigenvalue weighted by molar-refractivity contribution is -0.384. The Hall–Kier alpha value is -2.31. The van der Waals surface area contributed by atoms with Crippen molar-refractivity contribution in [3.63, 3.8) is 0 Å². The second-order valence-corrected chi connectivity index (χ2v) is 4.69. The largest absolute Gasteiger partial charge is 0.497 e. The number of nitro groups is 1. The number of anilines is 1. The Labute approximate surface area is 123 Å². The third kappa shape index (κ3) is 5.29. The normalized spacial score (nSPS) is 11.6. The van der Waals surface area contributed by atoms with E-state index in [9.17, 15) is 14.9 Å². The summed E-state index contributed by atoms with van der Waals surface area (Å²) in [6.07, 6.45) is 1.11. The summed E-state index contributed by atoms with van der Waals surface area (Å²) in [6.45, 7) is 4.23. The number of amides is 1. The minimum Gasteiger partial charge on any atom is -0.497 e. The summed E-state index contributed by atoms with van der Waals surface area (Å²) < 4.78 is 5.04. The number of carbonyl (C=O) groups is 1. The predicted octanol–water partition coefficient (Wildman–Crippen LogP) is 2.32. The van der Waals surface area contributed by atoms with Gasteiger partial charge in [-0.2, -0.15) is 0 Å². The molecule has 116 valence electrons. The maximum absolute atomic E-state index is 11.6. The maximum Gasteiger partial charge on any atom is 0.292 e. The molecule has 0 saturated heterocycles. The topological polar surface area (TPSA) is 93.5 Å². The molecule has 1 rings (SSSR count). The second kappa shape index (κ2) is 8.08. The molecule has 0 aliphatic rings. The lowest BCUT2D eigenvalue weighted by Crippen LogP contribution is -2.32. The van der Waals surface area contributed by atoms with Crippen LogP contribution < -0.4 is 15.4 Å². The summed E-state index contributed by atoms with van der Waals surface area (Å²) in [5, 5.41) is 16.7. The molecule has 2 N–H and O–H groups in total. The number of benzene rings is 1. The summed E-state index contributed by atoms with van der Waals surface area (Å²) in [5.74, 6) is 0.439. The van der Waals surface area contributed by atoms with Crippen molar-refractivity contribution in [2.24, 2.45) is 0 Å². The van der Waals surface area contributed by atoms with Gasteiger partial charge in [0.25, 0.3) is 5.69 Å². The van der Waals surface area contributed by atoms with Crippen molar-refractivity contribution >= 4 is 17.3 Å². The van der Waals surface area contributed by atoms with E-state index < -0.39 is 4.92 Å². The molecule has 0 aliphatic carbocycles. The lowest BCUT2D eigenvalue weighted by Gasteiger charge is -2.12. The van der Waals surface area contributed by atoms with Gasteiger partial charge in [0.2, 0.25) is 5.91 Å². The van der Waals surface area contributed by atoms with Crippen LogP contribution in [0.15, 0.2) is 18.2 Å². The van der Waals surface area contributed by atoms with Crippen LogP contribution in [0.25, 0.3) is 0 Å². The highest BCUT2D eigenvalue weighted by Crippen LogP contribution is 2.28. The predicted molar refractivity (Wildman–Crippen MR) is 80.7 cm³/mol. The number of nitro benzene ring substituents is 1. The molecule has 1 unspecified atom stereocenters. The van der Waals surface area contributed by atoms with Crippen molar-refractivity contribution in [1.82, 2.24) is 5.32 Å². The first-order valence-corrected chi connectivity index (χ1v) is 6.83. The molecule has 0 heterocycles. The summed E-state index contributed by atoms with van der Waals surface area (Å²) in [6, 6.07) is 4.58. The number of hydrogen-bond acceptors (Lipinski definition) is 5. The van der Waals surface area contributed by atoms with Crippen LogP contribution in [0.2, 0.25) is 0 Å². The van der Waals surface area contributed by atoms with Gasteiger partial charge in [0.15, 0.2) is 0 Å². The fraction of sp³-hybridized carbons (Fsp3) is 0.500. The third-order valence-corrected chi connectivity index (χ3v) is 3.09. The molecular weight excluding hydrogens is 274 g/mol. The Balaban J connectivity index is 2.61. The summed E-state index contributed by atoms with van der Waals surface area (Å²) >= 11 is 0. The van der Waals surface area contributed by atoms with Crippen LogP contribution in [0.5, 0.6) is 5.75 Å². The third-order valence-electron chi connectivity index (χ3n) is 3.09. The minimum atomic E-state index is -0.471. The molecule has 1 aromatic rings. The number of carbonyl (C=O) groups excluding carboxylic acids is 1. The average Bonchev–Trinajstić information content (AvgIpc) is 2.46. The van der Waals surface area contributed by atoms with Crippen LogP contribution in [0, 0.1) is 10.1 Å². The smallest absolute Gasteiger partial charge is 0.292 e. The molecule has 21 heavy (non-hydrogen) atoms. The average molecular weight is 295 g/mol. The van der Waals surface area contributed by atoms with Crippen molar-refractivity contribution in [2.75, 3.05) is 19.0 Å². The van der Waals surface area contributed by atoms with Crippen molar-refractivity contribution < 1.29 is 14.5 Å². The van der Waals surface area contributed by atoms with Gasteiger partial charge in [0, 0.05) is 31.1 Å². The Morgan fingerprint density at radius 1 is 1.48 bits per heavy atom. The molecule has 7 nitrogen and oxygen atoms in total. The molecule has 1 amide bonds. The molecule has 1 atom stereocenters. The van der Waals surface area contributed by atoms with Crippen LogP contribution in [0.3, 0.4) is 0 Å². The zero-order valence-electron chi connectivity index (χ0n) is 12.5. The molecule has 0 bridgehead atoms. The highest BCUT2D eigenvalue weighted by atomic mass is 16.6. The van der Waals surface area contributed by atoms with Crippen molar-refractivity contribution in [2.45, 2.75) is 32.7 Å². The van der Waals surface area contributed by atoms with Crippen LogP contribution >= 0.6 is 0 Å². The molecule has 0 radical (unpaired) electrons. The Kier molecular flexibility index (Phi) is 6.45. The van der Waals surface area contributed by atoms with Gasteiger partial charge >= 0.3 is 0 Å². The number of nitrogens with zero attached hydrogens (tertiary/aromatic N) is 1. The molecule has 0 saturated carbocycles. The van der Waals surface area contributed by atoms with E-state index in [4.69, 9.17) is 4.74 Å². The number of hydrogen-bond donors (Lipinski definition) is 2. The fourth-order valence-electron chi connectivity index (χ4n) is 1.70. The molecule has 0 fully saturated rings. The van der Waals surface area contributed by atoms with Gasteiger partial charge < -0.3 is 15.4 Å². The van der Waals surface area contributed by atoms with Gasteiger partial charge in [-0.1, -0.05) is 6.92 Å². The molecule has 0 spiro atoms. The maximum atomic E-state index is 11.6. The van der Waals surface area contributed by atoms with E-state index in [1.165, 1.54) is 19.2 Å². The Morgan fingerprint density at radius 3 is 2.76 bits per heavy atom. The monoisotopic (exact) mass is 295 g/mol. The zero-order valence-corrected chi connectivity index (χ0v) is 12.5. The zero-order chi connectivity index (χ0) is 15.8. The fourth-order valence-corrected chi connectivity index (χ4v) is 1.70. The first kappa shape index (κ1) is 16.7. The molecule has 0 aliphatic heterocycles. The highest BCUT2D eigenvalue weighted by molar-refractivity contribution is 5.77. The van der Waals surface area contributed by atoms with E-state index >= 15 is 0 Å². The second-order valence-electron chi connectivity index (χ2n) is 4.69. The van der Waals surface area contributed by atoms with Crippen LogP contribution in [0.4, 0.5) is 11.4 Å². The van der Waals surface area contributed by atoms with E-state index in [1.807, 2.05) is 13.8 Å². The molecular formula is C14H21N3O4. The van der Waals surface area contributed by atoms with Gasteiger partial charge in [-0.15, -0.1) is 0 Å². The minimum absolute atomic E-state index is 0.0434. The molecule has 1 aromatic carbocycles. The molecule has 7 heteroatoms. The van der Waals surface area contributed by atoms with Gasteiger partial charge in [0.1, 0.15) is 11.4 Å². The highest BCUT2D eigenvalue weighted by Gasteiger charge is 2.14. The van der Waals surface area contributed by atoms with Crippen LogP contribution in [-0.4, -0.2) is 30.5 Å². The quantitative estimate of drug-likeness (QED) is 0.567. The number of rotatable bonds is 8. The first-order valence-electron chi connectivity index (χ1n) is 6.83. The van der Waals surface area contributed by atoms with E-state index in [0.717, 1.165) is 6.42 Å². The standard InChI is InChI=1S/C14H21N3O4/c1-4-10(2)16-14(18)7-8-15-12-9-11(21-3)5-6-13(12)17(19)20/h5-6,9-10,15H,4,7-8H2,1-3H3,(H,16,18). The van der Waals surface area contributed by atoms with Gasteiger partial charge in [-0.05, 0) is 19.4 Å². The van der Waals surface area contributed by atoms with Crippen molar-refractivity contribution in [1.29, 1.82) is 0 Å². The van der Waals surface area contributed by atoms with Gasteiger partial charge in [0.05, 0.1) is 12.0 Å². The number of methoxy groups -OCH3 is 1. The molecule has 0 aromatic heterocycles. The van der Waals surface area contributed by atoms with Crippen molar-refractivity contribution in [3.05, 3.63) is 28.3 Å². The van der Waals surface area contributed by atoms with Crippen LogP contribution in [0.1, 0.15) is 26.7 Å². The number of nitrogens with one attached hydrogen (secondary N) is 2. The van der Waals surface area contributed by atoms with E-state index in [2.05, 4.69) is 10.6 Å². The Bertz CT molecular complexity index is 505. The number of ether oxygens (including phenoxy) is 1. The van der Waals surface area contributed by atoms with E-state index in [0.29, 0.717) is 18.0 Å². The van der Waals surface area contributed by atoms with E-state index in [1.54, 1.807) is 6.07 Å². The van der Waals surface area contributed by atoms with Gasteiger partial charge in [-0.3, -0.25) is 14.9 Å². The van der Waals surface area contributed by atoms with Gasteiger partial charge in [-0.25, -0.2) is 0 Å². The lowest BCUT2D eigenvalue weighted by atomic mass is 10.2. The SMILES string of the molecule is CCC(C)NC(=O)CCNc1cc(OC)ccc1[N+](=O)[O-]. The summed E-state index contributed by atoms with van der Waals surface area (Å²) in [7, 11) is 1.49. The van der Waals surface area contributed by atoms with Crippen molar-refractivity contribution in [3.8, 4) is 5.75 Å². The summed E-state index contributed by atoms with van der Waals surface area (Å²) in [5.41, 5.74) is 0.300. The van der Waals surface area contributed by atoms with E-state index in [-0.39, 0.29) is 24.1 Å². The first-order chi connectivity index (χ1) is 9.97.